The maximum atomic E-state index is 13.5. The van der Waals surface area contributed by atoms with Crippen LogP contribution in [0.15, 0.2) is 59.7 Å². The quantitative estimate of drug-likeness (QED) is 0.373. The predicted molar refractivity (Wildman–Crippen MR) is 133 cm³/mol. The molecule has 1 atom stereocenters. The second kappa shape index (κ2) is 8.77. The summed E-state index contributed by atoms with van der Waals surface area (Å²) in [6.45, 7) is 0.801. The summed E-state index contributed by atoms with van der Waals surface area (Å²) in [6, 6.07) is 12.8. The number of hydrogen-bond acceptors (Lipinski definition) is 9. The monoisotopic (exact) mass is 486 g/mol. The number of H-pyrrole nitrogens is 1. The zero-order valence-corrected chi connectivity index (χ0v) is 19.5. The Bertz CT molecular complexity index is 1650. The van der Waals surface area contributed by atoms with Gasteiger partial charge in [0.05, 0.1) is 48.9 Å². The van der Waals surface area contributed by atoms with Crippen molar-refractivity contribution in [3.05, 3.63) is 65.2 Å². The minimum Gasteiger partial charge on any atom is -0.493 e. The van der Waals surface area contributed by atoms with Gasteiger partial charge in [0.15, 0.2) is 28.6 Å². The molecule has 0 spiro atoms. The van der Waals surface area contributed by atoms with Crippen LogP contribution in [0.5, 0.6) is 23.0 Å². The summed E-state index contributed by atoms with van der Waals surface area (Å²) in [7, 11) is 3.10. The largest absolute Gasteiger partial charge is 0.493 e. The molecule has 5 aromatic rings. The van der Waals surface area contributed by atoms with Crippen LogP contribution in [0.2, 0.25) is 0 Å². The normalized spacial score (nSPS) is 14.7. The number of anilines is 1. The van der Waals surface area contributed by atoms with Gasteiger partial charge in [0.1, 0.15) is 12.7 Å². The molecule has 1 aliphatic heterocycles. The molecule has 0 fully saturated rings. The van der Waals surface area contributed by atoms with E-state index in [9.17, 15) is 4.79 Å². The molecular formula is C25H22N6O5. The van der Waals surface area contributed by atoms with E-state index in [2.05, 4.69) is 20.5 Å². The zero-order valence-electron chi connectivity index (χ0n) is 19.5. The molecule has 0 unspecified atom stereocenters. The first-order valence-electron chi connectivity index (χ1n) is 11.3. The van der Waals surface area contributed by atoms with Gasteiger partial charge in [-0.25, -0.2) is 4.98 Å². The number of rotatable bonds is 6. The van der Waals surface area contributed by atoms with E-state index in [0.717, 1.165) is 5.75 Å². The highest BCUT2D eigenvalue weighted by atomic mass is 16.6. The van der Waals surface area contributed by atoms with Crippen LogP contribution in [0.25, 0.3) is 27.6 Å². The highest BCUT2D eigenvalue weighted by Gasteiger charge is 2.22. The summed E-state index contributed by atoms with van der Waals surface area (Å²) in [5, 5.41) is 11.2. The molecule has 0 bridgehead atoms. The molecule has 182 valence electrons. The predicted octanol–water partition coefficient (Wildman–Crippen LogP) is 2.93. The Morgan fingerprint density at radius 3 is 2.75 bits per heavy atom. The Hall–Kier alpha value is -4.80. The van der Waals surface area contributed by atoms with Gasteiger partial charge in [-0.1, -0.05) is 12.1 Å². The SMILES string of the molecule is COc1ccc(-n2c(=O)c3cn[nH]c3c3cnc(NC[C@H]4COc5ccccc5O4)nc32)cc1OC. The Labute approximate surface area is 204 Å². The van der Waals surface area contributed by atoms with Crippen LogP contribution in [-0.2, 0) is 0 Å². The van der Waals surface area contributed by atoms with Crippen LogP contribution in [0.4, 0.5) is 5.95 Å². The first kappa shape index (κ1) is 21.7. The standard InChI is InChI=1S/C25H22N6O5/c1-33-18-8-7-14(9-21(18)34-2)31-23-16(22-17(24(31)32)12-28-30-22)11-27-25(29-23)26-10-15-13-35-19-5-3-4-6-20(19)36-15/h3-9,11-12,15H,10,13H2,1-2H3,(H,28,30)(H,26,27,29)/t15-/m0/s1. The van der Waals surface area contributed by atoms with Crippen molar-refractivity contribution in [3.63, 3.8) is 0 Å². The zero-order chi connectivity index (χ0) is 24.6. The van der Waals surface area contributed by atoms with Gasteiger partial charge in [-0.15, -0.1) is 0 Å². The lowest BCUT2D eigenvalue weighted by molar-refractivity contribution is 0.0996. The van der Waals surface area contributed by atoms with Crippen LogP contribution in [0.1, 0.15) is 0 Å². The second-order valence-electron chi connectivity index (χ2n) is 8.15. The van der Waals surface area contributed by atoms with E-state index < -0.39 is 0 Å². The van der Waals surface area contributed by atoms with Crippen molar-refractivity contribution in [1.29, 1.82) is 0 Å². The minimum atomic E-state index is -0.274. The fourth-order valence-electron chi connectivity index (χ4n) is 4.25. The Kier molecular flexibility index (Phi) is 5.29. The molecule has 1 aliphatic rings. The molecule has 6 rings (SSSR count). The van der Waals surface area contributed by atoms with Gasteiger partial charge in [0.2, 0.25) is 5.95 Å². The number of benzene rings is 2. The van der Waals surface area contributed by atoms with E-state index in [1.807, 2.05) is 24.3 Å². The maximum absolute atomic E-state index is 13.5. The summed E-state index contributed by atoms with van der Waals surface area (Å²) < 4.78 is 24.1. The smallest absolute Gasteiger partial charge is 0.267 e. The van der Waals surface area contributed by atoms with Crippen molar-refractivity contribution in [2.24, 2.45) is 0 Å². The molecule has 3 aromatic heterocycles. The third-order valence-corrected chi connectivity index (χ3v) is 6.00. The first-order valence-corrected chi connectivity index (χ1v) is 11.3. The number of methoxy groups -OCH3 is 2. The molecule has 11 heteroatoms. The van der Waals surface area contributed by atoms with Crippen molar-refractivity contribution in [3.8, 4) is 28.7 Å². The summed E-state index contributed by atoms with van der Waals surface area (Å²) in [5.74, 6) is 2.80. The van der Waals surface area contributed by atoms with Gasteiger partial charge >= 0.3 is 0 Å². The van der Waals surface area contributed by atoms with E-state index in [4.69, 9.17) is 23.9 Å². The van der Waals surface area contributed by atoms with Gasteiger partial charge in [0, 0.05) is 12.3 Å². The van der Waals surface area contributed by atoms with Gasteiger partial charge in [-0.2, -0.15) is 10.1 Å². The fraction of sp³-hybridized carbons (Fsp3) is 0.200. The number of hydrogen-bond donors (Lipinski definition) is 2. The Balaban J connectivity index is 1.39. The van der Waals surface area contributed by atoms with Crippen molar-refractivity contribution in [1.82, 2.24) is 24.7 Å². The number of fused-ring (bicyclic) bond motifs is 4. The molecule has 36 heavy (non-hydrogen) atoms. The van der Waals surface area contributed by atoms with Gasteiger partial charge in [-0.3, -0.25) is 14.5 Å². The summed E-state index contributed by atoms with van der Waals surface area (Å²) in [5.41, 5.74) is 1.27. The van der Waals surface area contributed by atoms with Crippen LogP contribution >= 0.6 is 0 Å². The van der Waals surface area contributed by atoms with Crippen LogP contribution in [-0.4, -0.2) is 58.2 Å². The van der Waals surface area contributed by atoms with Crippen LogP contribution in [0, 0.1) is 0 Å². The Morgan fingerprint density at radius 2 is 1.92 bits per heavy atom. The average Bonchev–Trinajstić information content (AvgIpc) is 3.42. The molecule has 2 N–H and O–H groups in total. The lowest BCUT2D eigenvalue weighted by Gasteiger charge is -2.26. The molecule has 2 aromatic carbocycles. The topological polar surface area (TPSA) is 125 Å². The van der Waals surface area contributed by atoms with Crippen molar-refractivity contribution < 1.29 is 18.9 Å². The Morgan fingerprint density at radius 1 is 1.08 bits per heavy atom. The number of aromatic nitrogens is 5. The molecular weight excluding hydrogens is 464 g/mol. The highest BCUT2D eigenvalue weighted by molar-refractivity contribution is 6.02. The van der Waals surface area contributed by atoms with Crippen molar-refractivity contribution in [2.75, 3.05) is 32.7 Å². The summed E-state index contributed by atoms with van der Waals surface area (Å²) in [4.78, 5) is 22.7. The number of ether oxygens (including phenoxy) is 4. The summed E-state index contributed by atoms with van der Waals surface area (Å²) in [6.07, 6.45) is 2.93. The van der Waals surface area contributed by atoms with Crippen LogP contribution in [0.3, 0.4) is 0 Å². The van der Waals surface area contributed by atoms with Gasteiger partial charge < -0.3 is 24.3 Å². The van der Waals surface area contributed by atoms with Crippen molar-refractivity contribution in [2.45, 2.75) is 6.10 Å². The number of nitrogens with zero attached hydrogens (tertiary/aromatic N) is 4. The minimum absolute atomic E-state index is 0.234. The molecule has 11 nitrogen and oxygen atoms in total. The lowest BCUT2D eigenvalue weighted by Crippen LogP contribution is -2.35. The maximum Gasteiger partial charge on any atom is 0.267 e. The molecule has 0 radical (unpaired) electrons. The van der Waals surface area contributed by atoms with E-state index in [1.165, 1.54) is 10.8 Å². The number of pyridine rings is 1. The third-order valence-electron chi connectivity index (χ3n) is 6.00. The molecule has 0 amide bonds. The van der Waals surface area contributed by atoms with Crippen LogP contribution < -0.4 is 29.8 Å². The molecule has 0 saturated carbocycles. The van der Waals surface area contributed by atoms with Gasteiger partial charge in [0.25, 0.3) is 5.56 Å². The molecule has 0 saturated heterocycles. The lowest BCUT2D eigenvalue weighted by atomic mass is 10.2. The third kappa shape index (κ3) is 3.61. The highest BCUT2D eigenvalue weighted by Crippen LogP contribution is 2.32. The first-order chi connectivity index (χ1) is 17.7. The average molecular weight is 486 g/mol. The van der Waals surface area contributed by atoms with Crippen molar-refractivity contribution >= 4 is 27.9 Å². The fourth-order valence-corrected chi connectivity index (χ4v) is 4.25. The molecule has 4 heterocycles. The van der Waals surface area contributed by atoms with E-state index in [0.29, 0.717) is 64.0 Å². The van der Waals surface area contributed by atoms with E-state index in [-0.39, 0.29) is 11.7 Å². The number of para-hydroxylation sites is 2. The van der Waals surface area contributed by atoms with E-state index in [1.54, 1.807) is 38.6 Å². The second-order valence-corrected chi connectivity index (χ2v) is 8.15. The molecule has 0 aliphatic carbocycles. The van der Waals surface area contributed by atoms with E-state index >= 15 is 0 Å². The summed E-state index contributed by atoms with van der Waals surface area (Å²) >= 11 is 0. The van der Waals surface area contributed by atoms with Gasteiger partial charge in [-0.05, 0) is 24.3 Å². The number of aromatic amines is 1. The number of nitrogens with one attached hydrogen (secondary N) is 2.